The number of nitrogens with one attached hydrogen (secondary N) is 1. The van der Waals surface area contributed by atoms with Gasteiger partial charge in [-0.3, -0.25) is 0 Å². The Hall–Kier alpha value is -1.88. The number of esters is 1. The van der Waals surface area contributed by atoms with Crippen LogP contribution in [0, 0.1) is 0 Å². The van der Waals surface area contributed by atoms with Crippen LogP contribution in [0.25, 0.3) is 0 Å². The number of amides is 2. The van der Waals surface area contributed by atoms with Crippen LogP contribution in [0.5, 0.6) is 0 Å². The van der Waals surface area contributed by atoms with E-state index in [0.717, 1.165) is 32.1 Å². The molecule has 1 aliphatic heterocycles. The summed E-state index contributed by atoms with van der Waals surface area (Å²) >= 11 is 6.01. The van der Waals surface area contributed by atoms with Gasteiger partial charge in [0.1, 0.15) is 0 Å². The number of carbonyl (C=O) groups is 2. The molecule has 1 N–H and O–H groups in total. The van der Waals surface area contributed by atoms with Crippen molar-refractivity contribution in [2.45, 2.75) is 38.1 Å². The Morgan fingerprint density at radius 3 is 2.39 bits per heavy atom. The second-order valence-corrected chi connectivity index (χ2v) is 10.2. The molecule has 11 heteroatoms. The third-order valence-corrected chi connectivity index (χ3v) is 8.30. The molecule has 1 aromatic rings. The molecule has 1 aliphatic carbocycles. The molecule has 9 nitrogen and oxygen atoms in total. The molecule has 0 unspecified atom stereocenters. The number of nitrogens with zero attached hydrogens (tertiary/aromatic N) is 3. The van der Waals surface area contributed by atoms with Crippen LogP contribution in [-0.2, 0) is 14.9 Å². The minimum Gasteiger partial charge on any atom is -0.465 e. The topological polar surface area (TPSA) is 99.3 Å². The summed E-state index contributed by atoms with van der Waals surface area (Å²) in [5.74, 6) is -0.595. The fraction of sp³-hybridized carbons (Fsp3) is 0.600. The lowest BCUT2D eigenvalue weighted by molar-refractivity contribution is 0.0601. The van der Waals surface area contributed by atoms with Gasteiger partial charge >= 0.3 is 12.0 Å². The zero-order valence-electron chi connectivity index (χ0n) is 17.8. The van der Waals surface area contributed by atoms with Crippen LogP contribution in [0.1, 0.15) is 42.5 Å². The maximum absolute atomic E-state index is 13.0. The van der Waals surface area contributed by atoms with Gasteiger partial charge in [-0.05, 0) is 31.0 Å². The number of halogens is 1. The lowest BCUT2D eigenvalue weighted by Gasteiger charge is -2.38. The molecule has 2 aliphatic rings. The van der Waals surface area contributed by atoms with Crippen molar-refractivity contribution >= 4 is 39.5 Å². The van der Waals surface area contributed by atoms with E-state index >= 15 is 0 Å². The Labute approximate surface area is 188 Å². The molecule has 1 aromatic carbocycles. The molecule has 3 rings (SSSR count). The van der Waals surface area contributed by atoms with Crippen LogP contribution in [0.4, 0.5) is 10.5 Å². The summed E-state index contributed by atoms with van der Waals surface area (Å²) in [6.45, 7) is 1.03. The van der Waals surface area contributed by atoms with Crippen molar-refractivity contribution < 1.29 is 22.7 Å². The first-order valence-corrected chi connectivity index (χ1v) is 12.2. The van der Waals surface area contributed by atoms with E-state index in [1.807, 2.05) is 0 Å². The minimum absolute atomic E-state index is 0.0500. The van der Waals surface area contributed by atoms with Crippen molar-refractivity contribution in [2.24, 2.45) is 0 Å². The Balaban J connectivity index is 1.58. The molecule has 2 amide bonds. The largest absolute Gasteiger partial charge is 0.465 e. The lowest BCUT2D eigenvalue weighted by Crippen LogP contribution is -2.55. The molecule has 0 spiro atoms. The fourth-order valence-electron chi connectivity index (χ4n) is 4.01. The first kappa shape index (κ1) is 23.8. The standard InChI is InChI=1S/C20H29ClN4O5S/c1-23(16-6-4-3-5-7-16)31(28,29)25-12-10-24(11-13-25)20(27)22-15-8-9-18(21)17(14-15)19(26)30-2/h8-9,14,16H,3-7,10-13H2,1-2H3,(H,22,27). The SMILES string of the molecule is COC(=O)c1cc(NC(=O)N2CCN(S(=O)(=O)N(C)C3CCCCC3)CC2)ccc1Cl. The zero-order valence-corrected chi connectivity index (χ0v) is 19.4. The highest BCUT2D eigenvalue weighted by molar-refractivity contribution is 7.86. The summed E-state index contributed by atoms with van der Waals surface area (Å²) in [6.07, 6.45) is 5.06. The molecule has 2 fully saturated rings. The van der Waals surface area contributed by atoms with Crippen molar-refractivity contribution in [3.8, 4) is 0 Å². The lowest BCUT2D eigenvalue weighted by atomic mass is 9.96. The molecular weight excluding hydrogens is 444 g/mol. The van der Waals surface area contributed by atoms with Gasteiger partial charge in [0.2, 0.25) is 0 Å². The highest BCUT2D eigenvalue weighted by Gasteiger charge is 2.35. The molecule has 1 heterocycles. The van der Waals surface area contributed by atoms with Gasteiger partial charge in [-0.15, -0.1) is 0 Å². The molecule has 0 radical (unpaired) electrons. The van der Waals surface area contributed by atoms with E-state index in [4.69, 9.17) is 11.6 Å². The number of anilines is 1. The van der Waals surface area contributed by atoms with Gasteiger partial charge in [0, 0.05) is 45.0 Å². The Bertz CT molecular complexity index is 912. The molecule has 0 atom stereocenters. The summed E-state index contributed by atoms with van der Waals surface area (Å²) in [4.78, 5) is 26.0. The van der Waals surface area contributed by atoms with Crippen LogP contribution in [0.15, 0.2) is 18.2 Å². The van der Waals surface area contributed by atoms with Crippen LogP contribution >= 0.6 is 11.6 Å². The number of piperazine rings is 1. The molecule has 1 saturated heterocycles. The Morgan fingerprint density at radius 2 is 1.77 bits per heavy atom. The van der Waals surface area contributed by atoms with Gasteiger partial charge in [0.05, 0.1) is 17.7 Å². The van der Waals surface area contributed by atoms with E-state index in [-0.39, 0.29) is 48.8 Å². The normalized spacial score (nSPS) is 18.8. The van der Waals surface area contributed by atoms with Gasteiger partial charge in [0.15, 0.2) is 0 Å². The number of benzene rings is 1. The van der Waals surface area contributed by atoms with Gasteiger partial charge < -0.3 is 15.0 Å². The molecular formula is C20H29ClN4O5S. The number of ether oxygens (including phenoxy) is 1. The summed E-state index contributed by atoms with van der Waals surface area (Å²) < 4.78 is 33.6. The maximum Gasteiger partial charge on any atom is 0.339 e. The van der Waals surface area contributed by atoms with Gasteiger partial charge in [-0.2, -0.15) is 17.0 Å². The maximum atomic E-state index is 13.0. The second-order valence-electron chi connectivity index (χ2n) is 7.82. The Kier molecular flexibility index (Phi) is 7.79. The predicted molar refractivity (Wildman–Crippen MR) is 119 cm³/mol. The first-order chi connectivity index (χ1) is 14.7. The highest BCUT2D eigenvalue weighted by Crippen LogP contribution is 2.25. The van der Waals surface area contributed by atoms with Gasteiger partial charge in [0.25, 0.3) is 10.2 Å². The second kappa shape index (κ2) is 10.2. The smallest absolute Gasteiger partial charge is 0.339 e. The summed E-state index contributed by atoms with van der Waals surface area (Å²) in [5, 5.41) is 2.96. The molecule has 172 valence electrons. The number of urea groups is 1. The number of hydrogen-bond donors (Lipinski definition) is 1. The van der Waals surface area contributed by atoms with Crippen molar-refractivity contribution in [3.63, 3.8) is 0 Å². The van der Waals surface area contributed by atoms with E-state index in [9.17, 15) is 18.0 Å². The third-order valence-electron chi connectivity index (χ3n) is 5.93. The predicted octanol–water partition coefficient (Wildman–Crippen LogP) is 2.79. The van der Waals surface area contributed by atoms with Gasteiger partial charge in [-0.25, -0.2) is 9.59 Å². The number of methoxy groups -OCH3 is 1. The van der Waals surface area contributed by atoms with E-state index < -0.39 is 16.2 Å². The van der Waals surface area contributed by atoms with Crippen LogP contribution in [-0.4, -0.2) is 80.3 Å². The molecule has 31 heavy (non-hydrogen) atoms. The van der Waals surface area contributed by atoms with Crippen molar-refractivity contribution in [1.82, 2.24) is 13.5 Å². The molecule has 1 saturated carbocycles. The molecule has 0 bridgehead atoms. The zero-order chi connectivity index (χ0) is 22.6. The summed E-state index contributed by atoms with van der Waals surface area (Å²) in [7, 11) is -0.641. The average Bonchev–Trinajstić information content (AvgIpc) is 2.79. The Morgan fingerprint density at radius 1 is 1.13 bits per heavy atom. The van der Waals surface area contributed by atoms with Crippen molar-refractivity contribution in [3.05, 3.63) is 28.8 Å². The third kappa shape index (κ3) is 5.49. The van der Waals surface area contributed by atoms with E-state index in [1.165, 1.54) is 27.9 Å². The van der Waals surface area contributed by atoms with Crippen LogP contribution in [0.3, 0.4) is 0 Å². The van der Waals surface area contributed by atoms with Gasteiger partial charge in [-0.1, -0.05) is 30.9 Å². The van der Waals surface area contributed by atoms with E-state index in [1.54, 1.807) is 18.0 Å². The van der Waals surface area contributed by atoms with E-state index in [0.29, 0.717) is 5.69 Å². The fourth-order valence-corrected chi connectivity index (χ4v) is 5.78. The number of rotatable bonds is 5. The van der Waals surface area contributed by atoms with Crippen molar-refractivity contribution in [2.75, 3.05) is 45.7 Å². The highest BCUT2D eigenvalue weighted by atomic mass is 35.5. The number of carbonyl (C=O) groups excluding carboxylic acids is 2. The van der Waals surface area contributed by atoms with Crippen LogP contribution in [0.2, 0.25) is 5.02 Å². The summed E-state index contributed by atoms with van der Waals surface area (Å²) in [6, 6.07) is 4.23. The van der Waals surface area contributed by atoms with Crippen molar-refractivity contribution in [1.29, 1.82) is 0 Å². The average molecular weight is 473 g/mol. The summed E-state index contributed by atoms with van der Waals surface area (Å²) in [5.41, 5.74) is 0.561. The monoisotopic (exact) mass is 472 g/mol. The number of hydrogen-bond acceptors (Lipinski definition) is 5. The quantitative estimate of drug-likeness (QED) is 0.664. The minimum atomic E-state index is -3.55. The molecule has 0 aromatic heterocycles. The van der Waals surface area contributed by atoms with E-state index in [2.05, 4.69) is 10.1 Å². The van der Waals surface area contributed by atoms with Crippen LogP contribution < -0.4 is 5.32 Å². The first-order valence-electron chi connectivity index (χ1n) is 10.4.